The Morgan fingerprint density at radius 2 is 2.42 bits per heavy atom. The molecule has 1 aliphatic rings. The summed E-state index contributed by atoms with van der Waals surface area (Å²) in [6.07, 6.45) is 6.15. The molecule has 12 heavy (non-hydrogen) atoms. The molecule has 0 radical (unpaired) electrons. The van der Waals surface area contributed by atoms with Crippen molar-refractivity contribution >= 4 is 6.21 Å². The lowest BCUT2D eigenvalue weighted by molar-refractivity contribution is 0.848. The van der Waals surface area contributed by atoms with E-state index in [4.69, 9.17) is 0 Å². The number of allylic oxidation sites excluding steroid dienone is 4. The van der Waals surface area contributed by atoms with Crippen molar-refractivity contribution in [2.75, 3.05) is 6.54 Å². The van der Waals surface area contributed by atoms with E-state index in [1.807, 2.05) is 13.1 Å². The van der Waals surface area contributed by atoms with E-state index in [0.29, 0.717) is 0 Å². The van der Waals surface area contributed by atoms with Crippen LogP contribution in [0.4, 0.5) is 0 Å². The molecule has 0 fully saturated rings. The maximum absolute atomic E-state index is 4.21. The van der Waals surface area contributed by atoms with Gasteiger partial charge in [0.1, 0.15) is 0 Å². The van der Waals surface area contributed by atoms with Crippen LogP contribution in [-0.4, -0.2) is 12.8 Å². The number of hydrogen-bond donors (Lipinski definition) is 0. The molecule has 0 aromatic carbocycles. The van der Waals surface area contributed by atoms with Crippen LogP contribution in [0.15, 0.2) is 40.9 Å². The van der Waals surface area contributed by atoms with Crippen LogP contribution in [0.1, 0.15) is 19.8 Å². The molecule has 1 heterocycles. The molecule has 64 valence electrons. The predicted octanol–water partition coefficient (Wildman–Crippen LogP) is 2.91. The van der Waals surface area contributed by atoms with Crippen molar-refractivity contribution in [3.63, 3.8) is 0 Å². The fourth-order valence-corrected chi connectivity index (χ4v) is 1.24. The minimum Gasteiger partial charge on any atom is -0.293 e. The van der Waals surface area contributed by atoms with E-state index >= 15 is 0 Å². The lowest BCUT2D eigenvalue weighted by atomic mass is 10.0. The van der Waals surface area contributed by atoms with E-state index in [0.717, 1.165) is 30.5 Å². The van der Waals surface area contributed by atoms with Crippen LogP contribution in [-0.2, 0) is 0 Å². The highest BCUT2D eigenvalue weighted by atomic mass is 14.7. The molecule has 1 rings (SSSR count). The Morgan fingerprint density at radius 3 is 3.08 bits per heavy atom. The molecule has 0 bridgehead atoms. The monoisotopic (exact) mass is 161 g/mol. The summed E-state index contributed by atoms with van der Waals surface area (Å²) in [6, 6.07) is 0. The quantitative estimate of drug-likeness (QED) is 0.560. The predicted molar refractivity (Wildman–Crippen MR) is 54.6 cm³/mol. The fraction of sp³-hybridized carbons (Fsp3) is 0.364. The lowest BCUT2D eigenvalue weighted by Gasteiger charge is -2.02. The van der Waals surface area contributed by atoms with E-state index in [9.17, 15) is 0 Å². The third kappa shape index (κ3) is 2.50. The van der Waals surface area contributed by atoms with Gasteiger partial charge in [-0.1, -0.05) is 24.8 Å². The summed E-state index contributed by atoms with van der Waals surface area (Å²) >= 11 is 0. The second-order valence-corrected chi connectivity index (χ2v) is 3.18. The van der Waals surface area contributed by atoms with Gasteiger partial charge in [-0.2, -0.15) is 0 Å². The summed E-state index contributed by atoms with van der Waals surface area (Å²) in [5.74, 6) is 0. The molecule has 0 atom stereocenters. The van der Waals surface area contributed by atoms with Gasteiger partial charge in [-0.25, -0.2) is 0 Å². The zero-order valence-corrected chi connectivity index (χ0v) is 7.64. The van der Waals surface area contributed by atoms with E-state index in [1.54, 1.807) is 0 Å². The zero-order chi connectivity index (χ0) is 8.97. The smallest absolute Gasteiger partial charge is 0.0392 e. The van der Waals surface area contributed by atoms with Crippen molar-refractivity contribution in [2.24, 2.45) is 4.99 Å². The molecule has 1 nitrogen and oxygen atoms in total. The molecule has 0 saturated heterocycles. The maximum atomic E-state index is 4.21. The molecular weight excluding hydrogens is 146 g/mol. The second kappa shape index (κ2) is 4.05. The molecule has 0 aromatic heterocycles. The molecular formula is C11H15N. The van der Waals surface area contributed by atoms with Gasteiger partial charge < -0.3 is 0 Å². The van der Waals surface area contributed by atoms with Gasteiger partial charge in [0.05, 0.1) is 0 Å². The van der Waals surface area contributed by atoms with Crippen molar-refractivity contribution in [1.29, 1.82) is 0 Å². The van der Waals surface area contributed by atoms with Crippen molar-refractivity contribution in [3.05, 3.63) is 36.0 Å². The number of nitrogens with zero attached hydrogens (tertiary/aromatic N) is 1. The van der Waals surface area contributed by atoms with Gasteiger partial charge in [-0.3, -0.25) is 4.99 Å². The van der Waals surface area contributed by atoms with Crippen LogP contribution in [0.5, 0.6) is 0 Å². The molecule has 1 heteroatoms. The van der Waals surface area contributed by atoms with Crippen LogP contribution in [0, 0.1) is 0 Å². The summed E-state index contributed by atoms with van der Waals surface area (Å²) in [7, 11) is 0. The van der Waals surface area contributed by atoms with Gasteiger partial charge in [0.2, 0.25) is 0 Å². The minimum atomic E-state index is 0.923. The highest BCUT2D eigenvalue weighted by Gasteiger charge is 2.03. The first-order valence-electron chi connectivity index (χ1n) is 4.25. The summed E-state index contributed by atoms with van der Waals surface area (Å²) in [4.78, 5) is 4.21. The van der Waals surface area contributed by atoms with E-state index in [1.165, 1.54) is 5.57 Å². The molecule has 0 N–H and O–H groups in total. The standard InChI is InChI=1S/C11H15N/c1-9(2)7-11-5-4-6-12-8-10(11)3/h7-8H,1,3-6H2,2H3/b11-7-. The van der Waals surface area contributed by atoms with Crippen molar-refractivity contribution in [1.82, 2.24) is 0 Å². The van der Waals surface area contributed by atoms with Crippen LogP contribution in [0.3, 0.4) is 0 Å². The summed E-state index contributed by atoms with van der Waals surface area (Å²) in [5, 5.41) is 0. The normalized spacial score (nSPS) is 21.1. The maximum Gasteiger partial charge on any atom is 0.0392 e. The third-order valence-corrected chi connectivity index (χ3v) is 1.81. The lowest BCUT2D eigenvalue weighted by Crippen LogP contribution is -1.87. The highest BCUT2D eigenvalue weighted by Crippen LogP contribution is 2.17. The fourth-order valence-electron chi connectivity index (χ4n) is 1.24. The Bertz CT molecular complexity index is 256. The van der Waals surface area contributed by atoms with Crippen LogP contribution >= 0.6 is 0 Å². The van der Waals surface area contributed by atoms with Gasteiger partial charge in [0.25, 0.3) is 0 Å². The van der Waals surface area contributed by atoms with Gasteiger partial charge in [0.15, 0.2) is 0 Å². The van der Waals surface area contributed by atoms with Gasteiger partial charge in [-0.05, 0) is 30.9 Å². The van der Waals surface area contributed by atoms with Crippen molar-refractivity contribution in [2.45, 2.75) is 19.8 Å². The van der Waals surface area contributed by atoms with E-state index in [-0.39, 0.29) is 0 Å². The molecule has 0 aromatic rings. The summed E-state index contributed by atoms with van der Waals surface area (Å²) in [6.45, 7) is 10.7. The average molecular weight is 161 g/mol. The summed E-state index contributed by atoms with van der Waals surface area (Å²) < 4.78 is 0. The summed E-state index contributed by atoms with van der Waals surface area (Å²) in [5.41, 5.74) is 3.40. The Hall–Kier alpha value is -1.11. The molecule has 0 unspecified atom stereocenters. The first-order valence-corrected chi connectivity index (χ1v) is 4.25. The van der Waals surface area contributed by atoms with Gasteiger partial charge >= 0.3 is 0 Å². The highest BCUT2D eigenvalue weighted by molar-refractivity contribution is 5.84. The van der Waals surface area contributed by atoms with Gasteiger partial charge in [-0.15, -0.1) is 0 Å². The van der Waals surface area contributed by atoms with Crippen LogP contribution in [0.25, 0.3) is 0 Å². The first-order chi connectivity index (χ1) is 5.70. The SMILES string of the molecule is C=C(C)/C=C1/CCCN=CC1=C. The van der Waals surface area contributed by atoms with Gasteiger partial charge in [0, 0.05) is 12.8 Å². The minimum absolute atomic E-state index is 0.923. The largest absolute Gasteiger partial charge is 0.293 e. The third-order valence-electron chi connectivity index (χ3n) is 1.81. The molecule has 0 saturated carbocycles. The number of rotatable bonds is 1. The molecule has 0 aliphatic carbocycles. The Labute approximate surface area is 74.2 Å². The molecule has 0 spiro atoms. The van der Waals surface area contributed by atoms with E-state index < -0.39 is 0 Å². The topological polar surface area (TPSA) is 12.4 Å². The Kier molecular flexibility index (Phi) is 3.03. The van der Waals surface area contributed by atoms with Crippen LogP contribution < -0.4 is 0 Å². The Morgan fingerprint density at radius 1 is 1.67 bits per heavy atom. The van der Waals surface area contributed by atoms with Crippen molar-refractivity contribution < 1.29 is 0 Å². The second-order valence-electron chi connectivity index (χ2n) is 3.18. The molecule has 0 amide bonds. The Balaban J connectivity index is 2.81. The van der Waals surface area contributed by atoms with Crippen LogP contribution in [0.2, 0.25) is 0 Å². The number of aliphatic imine (C=N–C) groups is 1. The zero-order valence-electron chi connectivity index (χ0n) is 7.64. The van der Waals surface area contributed by atoms with Crippen molar-refractivity contribution in [3.8, 4) is 0 Å². The van der Waals surface area contributed by atoms with E-state index in [2.05, 4.69) is 24.2 Å². The molecule has 1 aliphatic heterocycles. The first kappa shape index (κ1) is 8.98. The average Bonchev–Trinajstić information content (AvgIpc) is 2.16. The number of hydrogen-bond acceptors (Lipinski definition) is 1.